The van der Waals surface area contributed by atoms with Crippen LogP contribution in [0.15, 0.2) is 104 Å². The fourth-order valence-electron chi connectivity index (χ4n) is 6.76. The average molecular weight is 840 g/mol. The van der Waals surface area contributed by atoms with E-state index in [9.17, 15) is 0 Å². The molecule has 4 aromatic carbocycles. The number of hydrogen-bond acceptors (Lipinski definition) is 3. The van der Waals surface area contributed by atoms with Crippen molar-refractivity contribution < 1.29 is 19.4 Å². The van der Waals surface area contributed by atoms with Crippen molar-refractivity contribution >= 4 is 44.6 Å². The Morgan fingerprint density at radius 2 is 1.40 bits per heavy atom. The first-order valence-electron chi connectivity index (χ1n) is 17.0. The van der Waals surface area contributed by atoms with Crippen molar-refractivity contribution in [1.82, 2.24) is 18.7 Å². The average Bonchev–Trinajstić information content (AvgIpc) is 3.59. The van der Waals surface area contributed by atoms with E-state index in [2.05, 4.69) is 209 Å². The molecule has 0 aliphatic rings. The number of aryl methyl sites for hydroxylation is 1. The molecule has 3 heterocycles. The molecule has 6 nitrogen and oxygen atoms in total. The van der Waals surface area contributed by atoms with Crippen LogP contribution in [0.3, 0.4) is 0 Å². The molecule has 258 valence electrons. The molecule has 0 spiro atoms. The Bertz CT molecular complexity index is 2400. The summed E-state index contributed by atoms with van der Waals surface area (Å²) in [5, 5.41) is 2.30. The summed E-state index contributed by atoms with van der Waals surface area (Å²) in [4.78, 5) is 9.39. The maximum atomic E-state index is 4.89. The Morgan fingerprint density at radius 3 is 2.06 bits per heavy atom. The van der Waals surface area contributed by atoms with E-state index in [1.165, 1.54) is 22.2 Å². The van der Waals surface area contributed by atoms with Gasteiger partial charge in [0.2, 0.25) is 0 Å². The van der Waals surface area contributed by atoms with E-state index in [1.807, 2.05) is 12.3 Å². The van der Waals surface area contributed by atoms with Gasteiger partial charge in [-0.05, 0) is 6.07 Å². The Balaban J connectivity index is 1.58. The Morgan fingerprint density at radius 1 is 0.720 bits per heavy atom. The number of rotatable bonds is 6. The zero-order chi connectivity index (χ0) is 35.5. The minimum absolute atomic E-state index is 0.133. The van der Waals surface area contributed by atoms with Crippen molar-refractivity contribution in [2.75, 3.05) is 23.9 Å². The van der Waals surface area contributed by atoms with Gasteiger partial charge in [-0.1, -0.05) is 12.1 Å². The van der Waals surface area contributed by atoms with Gasteiger partial charge in [-0.25, -0.2) is 0 Å². The van der Waals surface area contributed by atoms with Crippen molar-refractivity contribution in [3.8, 4) is 11.5 Å². The van der Waals surface area contributed by atoms with Gasteiger partial charge >= 0.3 is 259 Å². The molecule has 7 heteroatoms. The second kappa shape index (κ2) is 12.6. The summed E-state index contributed by atoms with van der Waals surface area (Å²) in [6, 6.07) is 38.2. The van der Waals surface area contributed by atoms with E-state index in [0.717, 1.165) is 48.8 Å². The van der Waals surface area contributed by atoms with Gasteiger partial charge in [0.1, 0.15) is 0 Å². The summed E-state index contributed by atoms with van der Waals surface area (Å²) in [6.45, 7) is 13.8. The third-order valence-electron chi connectivity index (χ3n) is 9.32. The summed E-state index contributed by atoms with van der Waals surface area (Å²) in [5.41, 5.74) is 9.45. The monoisotopic (exact) mass is 839 g/mol. The van der Waals surface area contributed by atoms with Crippen molar-refractivity contribution in [2.24, 2.45) is 7.05 Å². The van der Waals surface area contributed by atoms with Gasteiger partial charge in [-0.3, -0.25) is 0 Å². The standard InChI is InChI=1S/C43H44N6.Pt/c1-42(2,3)36-17-13-18-37(43(4,5)6)41(36)48(32-15-12-14-31(26-32)47-25-24-46(9)29-47)33-20-21-35-34-16-10-11-19-38(34)49(39(35)27-33)40-28-30(45(7)8)22-23-44-40;/h10-25,28H,1-9H3;/q-2;. The molecular weight excluding hydrogens is 796 g/mol. The van der Waals surface area contributed by atoms with Crippen LogP contribution >= 0.6 is 0 Å². The number of para-hydroxylation sites is 2. The second-order valence-electron chi connectivity index (χ2n) is 15.2. The first-order valence-corrected chi connectivity index (χ1v) is 18.1. The first-order chi connectivity index (χ1) is 23.7. The number of aromatic nitrogens is 4. The molecule has 0 saturated carbocycles. The topological polar surface area (TPSA) is 34.2 Å². The van der Waals surface area contributed by atoms with Crippen LogP contribution in [0.1, 0.15) is 52.7 Å². The van der Waals surface area contributed by atoms with Crippen LogP contribution in [0.4, 0.5) is 22.7 Å². The molecule has 0 fully saturated rings. The summed E-state index contributed by atoms with van der Waals surface area (Å²) in [6.07, 6.45) is 6.06. The molecule has 0 atom stereocenters. The number of nitrogens with zero attached hydrogens (tertiary/aromatic N) is 6. The van der Waals surface area contributed by atoms with E-state index in [0.29, 0.717) is 0 Å². The van der Waals surface area contributed by atoms with Crippen LogP contribution in [0.25, 0.3) is 33.3 Å². The number of fused-ring (bicyclic) bond motifs is 3. The van der Waals surface area contributed by atoms with Gasteiger partial charge in [-0.2, -0.15) is 0 Å². The van der Waals surface area contributed by atoms with Crippen molar-refractivity contribution in [3.05, 3.63) is 131 Å². The molecule has 50 heavy (non-hydrogen) atoms. The molecule has 7 rings (SSSR count). The van der Waals surface area contributed by atoms with E-state index in [-0.39, 0.29) is 10.8 Å². The van der Waals surface area contributed by atoms with Crippen LogP contribution in [0.2, 0.25) is 0 Å². The number of pyridine rings is 1. The van der Waals surface area contributed by atoms with Crippen LogP contribution in [-0.4, -0.2) is 32.8 Å². The fraction of sp³-hybridized carbons (Fsp3) is 0.256. The van der Waals surface area contributed by atoms with Crippen LogP contribution in [0.5, 0.6) is 0 Å². The summed E-state index contributed by atoms with van der Waals surface area (Å²) >= 11 is 2.37. The summed E-state index contributed by atoms with van der Waals surface area (Å²) < 4.78 is 7.65. The van der Waals surface area contributed by atoms with Gasteiger partial charge in [0, 0.05) is 26.0 Å². The second-order valence-corrected chi connectivity index (χ2v) is 16.2. The first kappa shape index (κ1) is 33.8. The molecule has 0 saturated heterocycles. The Hall–Kier alpha value is -4.67. The SMILES string of the molecule is CN(C)c1ccnc(-n2c3[c-]c(N(c4[c-]c(-n5ccn(C)[c]5=[Pt])ccc4)c4c(C(C)(C)C)cccc4C(C)(C)C)ccc3c3ccccc32)c1. The molecular formula is C43H44N6Pt-2. The molecule has 7 aromatic rings. The predicted molar refractivity (Wildman–Crippen MR) is 204 cm³/mol. The quantitative estimate of drug-likeness (QED) is 0.157. The number of imidazole rings is 1. The molecule has 0 bridgehead atoms. The normalized spacial score (nSPS) is 12.2. The van der Waals surface area contributed by atoms with Crippen molar-refractivity contribution in [1.29, 1.82) is 0 Å². The maximum absolute atomic E-state index is 4.89. The van der Waals surface area contributed by atoms with Gasteiger partial charge in [-0.15, -0.1) is 0 Å². The van der Waals surface area contributed by atoms with E-state index < -0.39 is 0 Å². The third-order valence-corrected chi connectivity index (χ3v) is 10.7. The molecule has 0 amide bonds. The molecule has 0 aliphatic carbocycles. The van der Waals surface area contributed by atoms with Crippen LogP contribution < -0.4 is 9.80 Å². The van der Waals surface area contributed by atoms with Gasteiger partial charge in [0.05, 0.1) is 0 Å². The van der Waals surface area contributed by atoms with Crippen molar-refractivity contribution in [3.63, 3.8) is 0 Å². The molecule has 0 radical (unpaired) electrons. The van der Waals surface area contributed by atoms with E-state index in [4.69, 9.17) is 4.98 Å². The van der Waals surface area contributed by atoms with Crippen LogP contribution in [0, 0.1) is 15.9 Å². The molecule has 3 aromatic heterocycles. The third kappa shape index (κ3) is 5.94. The molecule has 0 aliphatic heterocycles. The number of benzene rings is 4. The van der Waals surface area contributed by atoms with Gasteiger partial charge in [0.15, 0.2) is 0 Å². The Kier molecular flexibility index (Phi) is 8.51. The van der Waals surface area contributed by atoms with Crippen molar-refractivity contribution in [2.45, 2.75) is 52.4 Å². The summed E-state index contributed by atoms with van der Waals surface area (Å²) in [7, 11) is 6.19. The van der Waals surface area contributed by atoms with Crippen LogP contribution in [-0.2, 0) is 37.2 Å². The van der Waals surface area contributed by atoms with E-state index in [1.54, 1.807) is 0 Å². The summed E-state index contributed by atoms with van der Waals surface area (Å²) in [5.74, 6) is 0.858. The predicted octanol–water partition coefficient (Wildman–Crippen LogP) is 10.1. The van der Waals surface area contributed by atoms with Gasteiger partial charge in [0.25, 0.3) is 0 Å². The number of hydrogen-bond donors (Lipinski definition) is 0. The number of anilines is 4. The molecule has 0 unspecified atom stereocenters. The fourth-order valence-corrected chi connectivity index (χ4v) is 7.38. The van der Waals surface area contributed by atoms with E-state index >= 15 is 0 Å². The zero-order valence-corrected chi connectivity index (χ0v) is 32.6. The van der Waals surface area contributed by atoms with Gasteiger partial charge < -0.3 is 4.90 Å². The minimum atomic E-state index is -0.133. The zero-order valence-electron chi connectivity index (χ0n) is 30.3. The Labute approximate surface area is 306 Å². The molecule has 0 N–H and O–H groups in total.